The van der Waals surface area contributed by atoms with Gasteiger partial charge in [-0.15, -0.1) is 0 Å². The van der Waals surface area contributed by atoms with Crippen LogP contribution in [0.5, 0.6) is 0 Å². The Morgan fingerprint density at radius 3 is 2.57 bits per heavy atom. The zero-order chi connectivity index (χ0) is 14.8. The van der Waals surface area contributed by atoms with Gasteiger partial charge in [0.1, 0.15) is 6.54 Å². The fraction of sp³-hybridized carbons (Fsp3) is 0.625. The number of amides is 1. The number of nitrogens with zero attached hydrogens (tertiary/aromatic N) is 3. The van der Waals surface area contributed by atoms with E-state index in [0.29, 0.717) is 13.0 Å². The average molecular weight is 289 g/mol. The highest BCUT2D eigenvalue weighted by Crippen LogP contribution is 2.21. The molecule has 1 fully saturated rings. The number of piperazine rings is 1. The number of aromatic nitrogens is 1. The van der Waals surface area contributed by atoms with Crippen LogP contribution < -0.4 is 0 Å². The Bertz CT molecular complexity index is 542. The van der Waals surface area contributed by atoms with E-state index in [1.54, 1.807) is 0 Å². The summed E-state index contributed by atoms with van der Waals surface area (Å²) in [5, 5.41) is 0. The standard InChI is InChI=1S/C16H23N3O2/c1-17-6-8-19(9-7-17)16(21)12-18-10-13-4-2-3-5-15(20)14(13)11-18/h10-11H,2-9,12H2,1H3. The second-order valence-electron chi connectivity index (χ2n) is 6.18. The first-order valence-corrected chi connectivity index (χ1v) is 7.81. The molecule has 1 aliphatic carbocycles. The van der Waals surface area contributed by atoms with E-state index < -0.39 is 0 Å². The SMILES string of the molecule is CN1CCN(C(=O)Cn2cc3c(c2)C(=O)CCCC3)CC1. The molecule has 1 aliphatic heterocycles. The topological polar surface area (TPSA) is 45.5 Å². The van der Waals surface area contributed by atoms with Gasteiger partial charge in [0.25, 0.3) is 0 Å². The minimum absolute atomic E-state index is 0.153. The molecule has 0 spiro atoms. The van der Waals surface area contributed by atoms with Gasteiger partial charge in [0.05, 0.1) is 0 Å². The maximum atomic E-state index is 12.3. The van der Waals surface area contributed by atoms with Gasteiger partial charge in [-0.2, -0.15) is 0 Å². The van der Waals surface area contributed by atoms with Gasteiger partial charge in [0.2, 0.25) is 5.91 Å². The second-order valence-corrected chi connectivity index (χ2v) is 6.18. The first kappa shape index (κ1) is 14.3. The molecule has 2 heterocycles. The fourth-order valence-corrected chi connectivity index (χ4v) is 3.15. The number of carbonyl (C=O) groups excluding carboxylic acids is 2. The molecule has 1 aromatic rings. The van der Waals surface area contributed by atoms with Crippen LogP contribution in [0.1, 0.15) is 35.2 Å². The Kier molecular flexibility index (Phi) is 4.10. The summed E-state index contributed by atoms with van der Waals surface area (Å²) < 4.78 is 1.90. The van der Waals surface area contributed by atoms with Gasteiger partial charge in [0, 0.05) is 50.6 Å². The van der Waals surface area contributed by atoms with Crippen LogP contribution in [0, 0.1) is 0 Å². The molecule has 5 heteroatoms. The molecule has 5 nitrogen and oxygen atoms in total. The summed E-state index contributed by atoms with van der Waals surface area (Å²) in [6, 6.07) is 0. The van der Waals surface area contributed by atoms with Crippen LogP contribution in [0.3, 0.4) is 0 Å². The number of hydrogen-bond acceptors (Lipinski definition) is 3. The summed E-state index contributed by atoms with van der Waals surface area (Å²) in [5.41, 5.74) is 1.95. The lowest BCUT2D eigenvalue weighted by atomic mass is 10.1. The largest absolute Gasteiger partial charge is 0.344 e. The molecule has 1 amide bonds. The van der Waals surface area contributed by atoms with Crippen molar-refractivity contribution in [3.8, 4) is 0 Å². The van der Waals surface area contributed by atoms with Gasteiger partial charge in [-0.05, 0) is 31.9 Å². The number of ketones is 1. The molecule has 0 radical (unpaired) electrons. The lowest BCUT2D eigenvalue weighted by Gasteiger charge is -2.32. The minimum atomic E-state index is 0.153. The Balaban J connectivity index is 1.67. The van der Waals surface area contributed by atoms with Gasteiger partial charge < -0.3 is 14.4 Å². The van der Waals surface area contributed by atoms with E-state index in [1.807, 2.05) is 21.9 Å². The third-order valence-electron chi connectivity index (χ3n) is 4.54. The summed E-state index contributed by atoms with van der Waals surface area (Å²) in [5.74, 6) is 0.383. The van der Waals surface area contributed by atoms with E-state index >= 15 is 0 Å². The van der Waals surface area contributed by atoms with Crippen molar-refractivity contribution in [2.45, 2.75) is 32.2 Å². The van der Waals surface area contributed by atoms with Crippen LogP contribution in [0.2, 0.25) is 0 Å². The van der Waals surface area contributed by atoms with E-state index in [-0.39, 0.29) is 11.7 Å². The molecular formula is C16H23N3O2. The Hall–Kier alpha value is -1.62. The maximum Gasteiger partial charge on any atom is 0.242 e. The lowest BCUT2D eigenvalue weighted by Crippen LogP contribution is -2.48. The zero-order valence-electron chi connectivity index (χ0n) is 12.7. The van der Waals surface area contributed by atoms with Crippen molar-refractivity contribution in [2.24, 2.45) is 0 Å². The number of hydrogen-bond donors (Lipinski definition) is 0. The molecule has 1 saturated heterocycles. The van der Waals surface area contributed by atoms with Crippen LogP contribution in [-0.4, -0.2) is 59.3 Å². The van der Waals surface area contributed by atoms with Crippen LogP contribution in [0.4, 0.5) is 0 Å². The molecule has 0 bridgehead atoms. The van der Waals surface area contributed by atoms with E-state index in [2.05, 4.69) is 11.9 Å². The molecule has 2 aliphatic rings. The normalized spacial score (nSPS) is 20.2. The van der Waals surface area contributed by atoms with Crippen molar-refractivity contribution in [1.29, 1.82) is 0 Å². The maximum absolute atomic E-state index is 12.3. The van der Waals surface area contributed by atoms with Gasteiger partial charge in [0.15, 0.2) is 5.78 Å². The number of Topliss-reactive ketones (excluding diaryl/α,β-unsaturated/α-hetero) is 1. The summed E-state index contributed by atoms with van der Waals surface area (Å²) in [4.78, 5) is 28.5. The van der Waals surface area contributed by atoms with Crippen molar-refractivity contribution < 1.29 is 9.59 Å². The summed E-state index contributed by atoms with van der Waals surface area (Å²) in [6.45, 7) is 3.83. The summed E-state index contributed by atoms with van der Waals surface area (Å²) in [7, 11) is 2.08. The quantitative estimate of drug-likeness (QED) is 0.768. The predicted molar refractivity (Wildman–Crippen MR) is 80.4 cm³/mol. The highest BCUT2D eigenvalue weighted by Gasteiger charge is 2.21. The van der Waals surface area contributed by atoms with Crippen molar-refractivity contribution in [1.82, 2.24) is 14.4 Å². The number of aryl methyl sites for hydroxylation is 1. The van der Waals surface area contributed by atoms with Gasteiger partial charge >= 0.3 is 0 Å². The van der Waals surface area contributed by atoms with Crippen molar-refractivity contribution >= 4 is 11.7 Å². The van der Waals surface area contributed by atoms with Gasteiger partial charge in [-0.25, -0.2) is 0 Å². The highest BCUT2D eigenvalue weighted by molar-refractivity contribution is 5.97. The first-order valence-electron chi connectivity index (χ1n) is 7.81. The molecular weight excluding hydrogens is 266 g/mol. The number of rotatable bonds is 2. The monoisotopic (exact) mass is 289 g/mol. The van der Waals surface area contributed by atoms with Gasteiger partial charge in [-0.1, -0.05) is 0 Å². The Labute approximate surface area is 125 Å². The van der Waals surface area contributed by atoms with Crippen LogP contribution in [0.15, 0.2) is 12.4 Å². The summed E-state index contributed by atoms with van der Waals surface area (Å²) >= 11 is 0. The van der Waals surface area contributed by atoms with Crippen LogP contribution in [-0.2, 0) is 17.8 Å². The zero-order valence-corrected chi connectivity index (χ0v) is 12.7. The third-order valence-corrected chi connectivity index (χ3v) is 4.54. The van der Waals surface area contributed by atoms with Crippen molar-refractivity contribution in [3.05, 3.63) is 23.5 Å². The molecule has 0 unspecified atom stereocenters. The van der Waals surface area contributed by atoms with E-state index in [9.17, 15) is 9.59 Å². The Morgan fingerprint density at radius 2 is 1.81 bits per heavy atom. The number of carbonyl (C=O) groups is 2. The average Bonchev–Trinajstić information content (AvgIpc) is 2.79. The van der Waals surface area contributed by atoms with Crippen LogP contribution in [0.25, 0.3) is 0 Å². The van der Waals surface area contributed by atoms with E-state index in [4.69, 9.17) is 0 Å². The molecule has 21 heavy (non-hydrogen) atoms. The fourth-order valence-electron chi connectivity index (χ4n) is 3.15. The Morgan fingerprint density at radius 1 is 1.10 bits per heavy atom. The molecule has 1 aromatic heterocycles. The number of likely N-dealkylation sites (N-methyl/N-ethyl adjacent to an activating group) is 1. The molecule has 0 aromatic carbocycles. The minimum Gasteiger partial charge on any atom is -0.344 e. The highest BCUT2D eigenvalue weighted by atomic mass is 16.2. The van der Waals surface area contributed by atoms with Crippen molar-refractivity contribution in [3.63, 3.8) is 0 Å². The molecule has 0 saturated carbocycles. The van der Waals surface area contributed by atoms with E-state index in [0.717, 1.165) is 56.6 Å². The number of fused-ring (bicyclic) bond motifs is 1. The third kappa shape index (κ3) is 3.18. The van der Waals surface area contributed by atoms with Gasteiger partial charge in [-0.3, -0.25) is 9.59 Å². The summed E-state index contributed by atoms with van der Waals surface area (Å²) in [6.07, 6.45) is 7.51. The molecule has 0 N–H and O–H groups in total. The molecule has 3 rings (SSSR count). The predicted octanol–water partition coefficient (Wildman–Crippen LogP) is 1.17. The first-order chi connectivity index (χ1) is 10.1. The molecule has 0 atom stereocenters. The lowest BCUT2D eigenvalue weighted by molar-refractivity contribution is -0.133. The molecule has 114 valence electrons. The van der Waals surface area contributed by atoms with Crippen molar-refractivity contribution in [2.75, 3.05) is 33.2 Å². The smallest absolute Gasteiger partial charge is 0.242 e. The van der Waals surface area contributed by atoms with E-state index in [1.165, 1.54) is 0 Å². The second kappa shape index (κ2) is 6.02. The van der Waals surface area contributed by atoms with Crippen LogP contribution >= 0.6 is 0 Å².